The second kappa shape index (κ2) is 19.1. The molecule has 210 valence electrons. The van der Waals surface area contributed by atoms with Crippen LogP contribution in [0.5, 0.6) is 17.2 Å². The molecular weight excluding hydrogens is 568 g/mol. The summed E-state index contributed by atoms with van der Waals surface area (Å²) in [7, 11) is 0. The molecule has 0 saturated heterocycles. The van der Waals surface area contributed by atoms with Gasteiger partial charge in [0.2, 0.25) is 5.75 Å². The monoisotopic (exact) mass is 608 g/mol. The van der Waals surface area contributed by atoms with Crippen molar-refractivity contribution in [3.05, 3.63) is 54.1 Å². The molecule has 2 unspecified atom stereocenters. The lowest BCUT2D eigenvalue weighted by molar-refractivity contribution is -0.135. The van der Waals surface area contributed by atoms with E-state index in [4.69, 9.17) is 25.8 Å². The fourth-order valence-electron chi connectivity index (χ4n) is 3.91. The molecule has 0 heterocycles. The minimum atomic E-state index is -0.809. The summed E-state index contributed by atoms with van der Waals surface area (Å²) in [5.74, 6) is -0.644. The van der Waals surface area contributed by atoms with E-state index < -0.39 is 17.3 Å². The number of ether oxygens (including phenoxy) is 3. The van der Waals surface area contributed by atoms with Gasteiger partial charge in [-0.25, -0.2) is 4.79 Å². The molecule has 0 fully saturated rings. The second-order valence-electron chi connectivity index (χ2n) is 9.62. The normalized spacial score (nSPS) is 12.5. The van der Waals surface area contributed by atoms with Gasteiger partial charge < -0.3 is 14.2 Å². The van der Waals surface area contributed by atoms with E-state index in [0.29, 0.717) is 17.9 Å². The Morgan fingerprint density at radius 1 is 0.789 bits per heavy atom. The first-order chi connectivity index (χ1) is 18.5. The Kier molecular flexibility index (Phi) is 16.1. The summed E-state index contributed by atoms with van der Waals surface area (Å²) in [5.41, 5.74) is 0.387. The Balaban J connectivity index is 1.94. The zero-order valence-corrected chi connectivity index (χ0v) is 25.1. The summed E-state index contributed by atoms with van der Waals surface area (Å²) in [6.07, 6.45) is 12.9. The highest BCUT2D eigenvalue weighted by Gasteiger charge is 2.26. The molecule has 0 N–H and O–H groups in total. The lowest BCUT2D eigenvalue weighted by Gasteiger charge is -2.18. The van der Waals surface area contributed by atoms with Crippen LogP contribution in [0.2, 0.25) is 0 Å². The average molecular weight is 610 g/mol. The number of carbonyl (C=O) groups is 2. The van der Waals surface area contributed by atoms with Gasteiger partial charge >= 0.3 is 11.9 Å². The molecule has 0 amide bonds. The first kappa shape index (κ1) is 32.2. The average Bonchev–Trinajstić information content (AvgIpc) is 2.94. The van der Waals surface area contributed by atoms with E-state index in [0.717, 1.165) is 24.6 Å². The minimum absolute atomic E-state index is 0.0573. The van der Waals surface area contributed by atoms with E-state index in [1.165, 1.54) is 51.4 Å². The molecule has 0 bridgehead atoms. The highest BCUT2D eigenvalue weighted by Crippen LogP contribution is 2.38. The fraction of sp³-hybridized carbons (Fsp3) is 0.548. The fourth-order valence-corrected chi connectivity index (χ4v) is 4.53. The molecule has 0 aliphatic heterocycles. The van der Waals surface area contributed by atoms with E-state index in [-0.39, 0.29) is 17.4 Å². The van der Waals surface area contributed by atoms with Crippen LogP contribution in [-0.2, 0) is 4.79 Å². The first-order valence-electron chi connectivity index (χ1n) is 13.9. The van der Waals surface area contributed by atoms with Gasteiger partial charge in [0.25, 0.3) is 0 Å². The van der Waals surface area contributed by atoms with Gasteiger partial charge in [0.15, 0.2) is 11.5 Å². The number of hydrogen-bond donors (Lipinski definition) is 0. The maximum Gasteiger partial charge on any atom is 0.343 e. The Labute approximate surface area is 241 Å². The standard InChI is InChI=1S/C31H42BrClO5/c1-3-24(2)28(33)31(35)37-27-21-17-20-26(29(27)38-30(34)25-18-13-12-14-19-25)36-23-16-11-9-7-5-4-6-8-10-15-22-32/h12-14,17-21,24,28H,3-11,15-16,22-23H2,1-2H3. The van der Waals surface area contributed by atoms with Crippen LogP contribution in [0, 0.1) is 5.92 Å². The van der Waals surface area contributed by atoms with Crippen molar-refractivity contribution in [1.29, 1.82) is 0 Å². The van der Waals surface area contributed by atoms with E-state index in [9.17, 15) is 9.59 Å². The van der Waals surface area contributed by atoms with Crippen LogP contribution >= 0.6 is 27.5 Å². The second-order valence-corrected chi connectivity index (χ2v) is 10.9. The van der Waals surface area contributed by atoms with Crippen LogP contribution in [0.15, 0.2) is 48.5 Å². The quantitative estimate of drug-likeness (QED) is 0.0688. The van der Waals surface area contributed by atoms with Gasteiger partial charge in [-0.15, -0.1) is 11.6 Å². The smallest absolute Gasteiger partial charge is 0.343 e. The molecule has 5 nitrogen and oxygen atoms in total. The van der Waals surface area contributed by atoms with Crippen molar-refractivity contribution in [2.45, 2.75) is 89.9 Å². The van der Waals surface area contributed by atoms with E-state index in [2.05, 4.69) is 15.9 Å². The number of para-hydroxylation sites is 1. The Hall–Kier alpha value is -2.05. The third-order valence-electron chi connectivity index (χ3n) is 6.51. The molecule has 2 atom stereocenters. The van der Waals surface area contributed by atoms with Gasteiger partial charge in [-0.05, 0) is 43.0 Å². The summed E-state index contributed by atoms with van der Waals surface area (Å²) < 4.78 is 17.3. The van der Waals surface area contributed by atoms with Crippen molar-refractivity contribution in [2.75, 3.05) is 11.9 Å². The SMILES string of the molecule is CCC(C)C(Cl)C(=O)Oc1cccc(OCCCCCCCCCCCCBr)c1OC(=O)c1ccccc1. The molecule has 7 heteroatoms. The molecule has 0 saturated carbocycles. The number of hydrogen-bond acceptors (Lipinski definition) is 5. The van der Waals surface area contributed by atoms with Gasteiger partial charge in [0.05, 0.1) is 12.2 Å². The molecular formula is C31H42BrClO5. The highest BCUT2D eigenvalue weighted by molar-refractivity contribution is 9.09. The maximum absolute atomic E-state index is 12.8. The van der Waals surface area contributed by atoms with Crippen molar-refractivity contribution in [3.8, 4) is 17.2 Å². The van der Waals surface area contributed by atoms with Crippen molar-refractivity contribution >= 4 is 39.5 Å². The third-order valence-corrected chi connectivity index (χ3v) is 7.68. The van der Waals surface area contributed by atoms with Crippen molar-refractivity contribution in [3.63, 3.8) is 0 Å². The van der Waals surface area contributed by atoms with Gasteiger partial charge in [-0.2, -0.15) is 0 Å². The molecule has 0 radical (unpaired) electrons. The van der Waals surface area contributed by atoms with Crippen molar-refractivity contribution in [2.24, 2.45) is 5.92 Å². The number of rotatable bonds is 19. The number of esters is 2. The largest absolute Gasteiger partial charge is 0.490 e. The Morgan fingerprint density at radius 3 is 1.97 bits per heavy atom. The highest BCUT2D eigenvalue weighted by atomic mass is 79.9. The van der Waals surface area contributed by atoms with E-state index in [1.54, 1.807) is 42.5 Å². The van der Waals surface area contributed by atoms with Crippen molar-refractivity contribution < 1.29 is 23.8 Å². The number of alkyl halides is 2. The molecule has 0 spiro atoms. The molecule has 2 rings (SSSR count). The number of halogens is 2. The van der Waals surface area contributed by atoms with E-state index in [1.807, 2.05) is 19.9 Å². The van der Waals surface area contributed by atoms with Crippen LogP contribution in [0.1, 0.15) is 94.8 Å². The number of unbranched alkanes of at least 4 members (excludes halogenated alkanes) is 9. The van der Waals surface area contributed by atoms with Crippen LogP contribution in [-0.4, -0.2) is 29.3 Å². The van der Waals surface area contributed by atoms with E-state index >= 15 is 0 Å². The number of benzene rings is 2. The van der Waals surface area contributed by atoms with Gasteiger partial charge in [0.1, 0.15) is 5.38 Å². The van der Waals surface area contributed by atoms with Crippen LogP contribution in [0.3, 0.4) is 0 Å². The van der Waals surface area contributed by atoms with Gasteiger partial charge in [-0.1, -0.05) is 112 Å². The summed E-state index contributed by atoms with van der Waals surface area (Å²) in [6.45, 7) is 4.33. The molecule has 0 aliphatic rings. The Morgan fingerprint density at radius 2 is 1.37 bits per heavy atom. The third kappa shape index (κ3) is 11.8. The molecule has 2 aromatic rings. The summed E-state index contributed by atoms with van der Waals surface area (Å²) in [5, 5.41) is 0.296. The van der Waals surface area contributed by atoms with Gasteiger partial charge in [-0.3, -0.25) is 4.79 Å². The molecule has 38 heavy (non-hydrogen) atoms. The predicted molar refractivity (Wildman–Crippen MR) is 158 cm³/mol. The maximum atomic E-state index is 12.8. The molecule has 0 aliphatic carbocycles. The first-order valence-corrected chi connectivity index (χ1v) is 15.5. The minimum Gasteiger partial charge on any atom is -0.490 e. The topological polar surface area (TPSA) is 61.8 Å². The summed E-state index contributed by atoms with van der Waals surface area (Å²) >= 11 is 9.78. The van der Waals surface area contributed by atoms with Gasteiger partial charge in [0, 0.05) is 5.33 Å². The van der Waals surface area contributed by atoms with Crippen LogP contribution < -0.4 is 14.2 Å². The zero-order chi connectivity index (χ0) is 27.6. The molecule has 0 aromatic heterocycles. The molecule has 2 aromatic carbocycles. The van der Waals surface area contributed by atoms with Crippen LogP contribution in [0.25, 0.3) is 0 Å². The number of carbonyl (C=O) groups excluding carboxylic acids is 2. The lowest BCUT2D eigenvalue weighted by Crippen LogP contribution is -2.27. The zero-order valence-electron chi connectivity index (χ0n) is 22.8. The summed E-state index contributed by atoms with van der Waals surface area (Å²) in [4.78, 5) is 25.5. The Bertz CT molecular complexity index is 953. The lowest BCUT2D eigenvalue weighted by atomic mass is 10.1. The van der Waals surface area contributed by atoms with Crippen LogP contribution in [0.4, 0.5) is 0 Å². The van der Waals surface area contributed by atoms with Crippen molar-refractivity contribution in [1.82, 2.24) is 0 Å². The summed E-state index contributed by atoms with van der Waals surface area (Å²) in [6, 6.07) is 13.7. The predicted octanol–water partition coefficient (Wildman–Crippen LogP) is 9.14.